The minimum absolute atomic E-state index is 0.310. The van der Waals surface area contributed by atoms with Crippen LogP contribution in [0, 0.1) is 0 Å². The topological polar surface area (TPSA) is 99.7 Å². The van der Waals surface area contributed by atoms with Gasteiger partial charge >= 0.3 is 6.03 Å². The van der Waals surface area contributed by atoms with E-state index in [0.29, 0.717) is 35.0 Å². The average molecular weight is 327 g/mol. The van der Waals surface area contributed by atoms with Crippen LogP contribution in [-0.2, 0) is 0 Å². The molecule has 3 aromatic rings. The van der Waals surface area contributed by atoms with Crippen molar-refractivity contribution in [3.8, 4) is 11.5 Å². The molecule has 3 rings (SSSR count). The van der Waals surface area contributed by atoms with Crippen molar-refractivity contribution >= 4 is 35.8 Å². The molecule has 116 valence electrons. The second-order valence-electron chi connectivity index (χ2n) is 4.53. The minimum Gasteiger partial charge on any atom is -0.343 e. The summed E-state index contributed by atoms with van der Waals surface area (Å²) in [5.41, 5.74) is 1.60. The number of aromatic nitrogens is 5. The van der Waals surface area contributed by atoms with Gasteiger partial charge in [-0.3, -0.25) is 14.6 Å². The van der Waals surface area contributed by atoms with Gasteiger partial charge in [0.15, 0.2) is 11.5 Å². The van der Waals surface area contributed by atoms with E-state index in [1.807, 2.05) is 0 Å². The van der Waals surface area contributed by atoms with Crippen molar-refractivity contribution in [2.75, 3.05) is 11.9 Å². The molecule has 0 spiro atoms. The molecule has 0 radical (unpaired) electrons. The SMILES string of the molecule is C=CCN(S)C(=O)Nc1ccc2ncc(-c3ncc[nH]3)nc2n1. The molecular formula is C14H13N7OS. The molecule has 2 amide bonds. The van der Waals surface area contributed by atoms with Crippen LogP contribution < -0.4 is 5.32 Å². The maximum atomic E-state index is 11.9. The Hall–Kier alpha value is -2.94. The Morgan fingerprint density at radius 2 is 2.26 bits per heavy atom. The van der Waals surface area contributed by atoms with Crippen molar-refractivity contribution in [2.45, 2.75) is 0 Å². The van der Waals surface area contributed by atoms with Crippen molar-refractivity contribution in [2.24, 2.45) is 0 Å². The van der Waals surface area contributed by atoms with Gasteiger partial charge in [-0.05, 0) is 12.1 Å². The van der Waals surface area contributed by atoms with E-state index in [2.05, 4.69) is 49.6 Å². The third-order valence-corrected chi connectivity index (χ3v) is 3.26. The highest BCUT2D eigenvalue weighted by Crippen LogP contribution is 2.16. The second-order valence-corrected chi connectivity index (χ2v) is 5.02. The van der Waals surface area contributed by atoms with Crippen molar-refractivity contribution in [3.05, 3.63) is 43.4 Å². The van der Waals surface area contributed by atoms with E-state index in [9.17, 15) is 4.79 Å². The summed E-state index contributed by atoms with van der Waals surface area (Å²) in [4.78, 5) is 32.0. The normalized spacial score (nSPS) is 10.5. The number of thiol groups is 1. The minimum atomic E-state index is -0.407. The molecule has 3 aromatic heterocycles. The van der Waals surface area contributed by atoms with Gasteiger partial charge in [0.1, 0.15) is 17.0 Å². The highest BCUT2D eigenvalue weighted by Gasteiger charge is 2.11. The molecule has 9 heteroatoms. The predicted octanol–water partition coefficient (Wildman–Crippen LogP) is 2.28. The van der Waals surface area contributed by atoms with Crippen LogP contribution in [0.25, 0.3) is 22.7 Å². The van der Waals surface area contributed by atoms with Crippen LogP contribution in [0.15, 0.2) is 43.4 Å². The summed E-state index contributed by atoms with van der Waals surface area (Å²) < 4.78 is 1.18. The first-order valence-electron chi connectivity index (χ1n) is 6.69. The molecule has 0 aliphatic rings. The predicted molar refractivity (Wildman–Crippen MR) is 89.8 cm³/mol. The standard InChI is InChI=1S/C14H13N7OS/c1-2-7-21(23)14(22)20-11-4-3-9-13(19-11)18-10(8-17-9)12-15-5-6-16-12/h2-6,8,23H,1,7H2,(H,15,16)(H,18,19,20,22). The zero-order valence-electron chi connectivity index (χ0n) is 12.0. The number of nitrogens with zero attached hydrogens (tertiary/aromatic N) is 5. The number of hydrogen-bond acceptors (Lipinski definition) is 6. The van der Waals surface area contributed by atoms with Crippen molar-refractivity contribution in [1.82, 2.24) is 29.2 Å². The summed E-state index contributed by atoms with van der Waals surface area (Å²) in [5.74, 6) is 0.958. The number of carbonyl (C=O) groups excluding carboxylic acids is 1. The van der Waals surface area contributed by atoms with Gasteiger partial charge in [0.2, 0.25) is 0 Å². The number of amides is 2. The molecule has 0 aliphatic heterocycles. The Morgan fingerprint density at radius 3 is 3.00 bits per heavy atom. The van der Waals surface area contributed by atoms with E-state index in [1.54, 1.807) is 36.8 Å². The first-order chi connectivity index (χ1) is 11.2. The number of imidazole rings is 1. The fraction of sp³-hybridized carbons (Fsp3) is 0.0714. The van der Waals surface area contributed by atoms with Gasteiger partial charge in [-0.25, -0.2) is 19.7 Å². The number of carbonyl (C=O) groups is 1. The van der Waals surface area contributed by atoms with Crippen molar-refractivity contribution in [1.29, 1.82) is 0 Å². The van der Waals surface area contributed by atoms with E-state index in [0.717, 1.165) is 0 Å². The third-order valence-electron chi connectivity index (χ3n) is 2.92. The van der Waals surface area contributed by atoms with E-state index in [1.165, 1.54) is 4.31 Å². The second kappa shape index (κ2) is 6.44. The molecule has 0 bridgehead atoms. The van der Waals surface area contributed by atoms with Gasteiger partial charge in [-0.1, -0.05) is 18.9 Å². The van der Waals surface area contributed by atoms with Gasteiger partial charge in [0.25, 0.3) is 0 Å². The van der Waals surface area contributed by atoms with Crippen molar-refractivity contribution in [3.63, 3.8) is 0 Å². The van der Waals surface area contributed by atoms with Gasteiger partial charge in [0.05, 0.1) is 12.7 Å². The molecule has 0 fully saturated rings. The number of nitrogens with one attached hydrogen (secondary N) is 2. The first kappa shape index (κ1) is 15.0. The Labute approximate surface area is 137 Å². The summed E-state index contributed by atoms with van der Waals surface area (Å²) in [7, 11) is 0. The van der Waals surface area contributed by atoms with E-state index < -0.39 is 6.03 Å². The van der Waals surface area contributed by atoms with Gasteiger partial charge in [-0.2, -0.15) is 0 Å². The molecule has 8 nitrogen and oxygen atoms in total. The number of urea groups is 1. The van der Waals surface area contributed by atoms with Crippen LogP contribution in [0.3, 0.4) is 0 Å². The number of fused-ring (bicyclic) bond motifs is 1. The number of anilines is 1. The molecule has 0 atom stereocenters. The third kappa shape index (κ3) is 3.29. The lowest BCUT2D eigenvalue weighted by Gasteiger charge is -2.13. The maximum absolute atomic E-state index is 11.9. The number of rotatable bonds is 4. The molecule has 0 unspecified atom stereocenters. The highest BCUT2D eigenvalue weighted by atomic mass is 32.1. The zero-order chi connectivity index (χ0) is 16.2. The quantitative estimate of drug-likeness (QED) is 0.504. The summed E-state index contributed by atoms with van der Waals surface area (Å²) in [6.07, 6.45) is 6.51. The fourth-order valence-corrected chi connectivity index (χ4v) is 2.03. The maximum Gasteiger partial charge on any atom is 0.333 e. The average Bonchev–Trinajstić information content (AvgIpc) is 3.09. The number of hydrogen-bond donors (Lipinski definition) is 3. The summed E-state index contributed by atoms with van der Waals surface area (Å²) in [6.45, 7) is 3.86. The lowest BCUT2D eigenvalue weighted by atomic mass is 10.3. The highest BCUT2D eigenvalue weighted by molar-refractivity contribution is 7.78. The van der Waals surface area contributed by atoms with Crippen LogP contribution >= 0.6 is 12.8 Å². The van der Waals surface area contributed by atoms with E-state index >= 15 is 0 Å². The lowest BCUT2D eigenvalue weighted by Crippen LogP contribution is -2.27. The molecule has 3 heterocycles. The van der Waals surface area contributed by atoms with E-state index in [4.69, 9.17) is 0 Å². The summed E-state index contributed by atoms with van der Waals surface area (Å²) >= 11 is 4.05. The molecule has 23 heavy (non-hydrogen) atoms. The van der Waals surface area contributed by atoms with Crippen molar-refractivity contribution < 1.29 is 4.79 Å². The number of aromatic amines is 1. The molecule has 0 aliphatic carbocycles. The Balaban J connectivity index is 1.88. The first-order valence-corrected chi connectivity index (χ1v) is 7.09. The summed E-state index contributed by atoms with van der Waals surface area (Å²) in [6, 6.07) is 2.97. The Kier molecular flexibility index (Phi) is 4.20. The Bertz CT molecular complexity index is 849. The molecule has 0 saturated heterocycles. The molecule has 2 N–H and O–H groups in total. The van der Waals surface area contributed by atoms with E-state index in [-0.39, 0.29) is 0 Å². The Morgan fingerprint density at radius 1 is 1.39 bits per heavy atom. The monoisotopic (exact) mass is 327 g/mol. The van der Waals surface area contributed by atoms with Crippen LogP contribution in [0.5, 0.6) is 0 Å². The van der Waals surface area contributed by atoms with Gasteiger partial charge in [-0.15, -0.1) is 6.58 Å². The van der Waals surface area contributed by atoms with Gasteiger partial charge in [0, 0.05) is 12.4 Å². The molecule has 0 saturated carbocycles. The van der Waals surface area contributed by atoms with Gasteiger partial charge < -0.3 is 4.98 Å². The number of H-pyrrole nitrogens is 1. The molecule has 0 aromatic carbocycles. The van der Waals surface area contributed by atoms with Crippen LogP contribution in [0.1, 0.15) is 0 Å². The smallest absolute Gasteiger partial charge is 0.333 e. The molecular weight excluding hydrogens is 314 g/mol. The summed E-state index contributed by atoms with van der Waals surface area (Å²) in [5, 5.41) is 2.63. The number of pyridine rings is 1. The fourth-order valence-electron chi connectivity index (χ4n) is 1.87. The van der Waals surface area contributed by atoms with Crippen LogP contribution in [0.2, 0.25) is 0 Å². The van der Waals surface area contributed by atoms with Crippen LogP contribution in [-0.4, -0.2) is 41.8 Å². The largest absolute Gasteiger partial charge is 0.343 e. The van der Waals surface area contributed by atoms with Crippen LogP contribution in [0.4, 0.5) is 10.6 Å². The zero-order valence-corrected chi connectivity index (χ0v) is 12.9. The lowest BCUT2D eigenvalue weighted by molar-refractivity contribution is 0.241.